The molecule has 0 radical (unpaired) electrons. The fraction of sp³-hybridized carbons (Fsp3) is 0.500. The minimum atomic E-state index is -0.825. The number of carbonyl (C=O) groups excluding carboxylic acids is 3. The van der Waals surface area contributed by atoms with Crippen molar-refractivity contribution in [3.8, 4) is 0 Å². The number of hydrogen-bond acceptors (Lipinski definition) is 4. The molecule has 7 heteroatoms. The van der Waals surface area contributed by atoms with Crippen molar-refractivity contribution in [2.24, 2.45) is 11.8 Å². The van der Waals surface area contributed by atoms with Crippen molar-refractivity contribution < 1.29 is 19.1 Å². The number of esters is 1. The molecule has 0 heterocycles. The summed E-state index contributed by atoms with van der Waals surface area (Å²) in [5.41, 5.74) is 0.441. The van der Waals surface area contributed by atoms with E-state index in [4.69, 9.17) is 4.74 Å². The van der Waals surface area contributed by atoms with E-state index in [2.05, 4.69) is 26.6 Å². The van der Waals surface area contributed by atoms with E-state index in [9.17, 15) is 14.4 Å². The van der Waals surface area contributed by atoms with Crippen molar-refractivity contribution in [2.75, 3.05) is 13.2 Å². The number of hydrogen-bond donors (Lipinski definition) is 2. The maximum Gasteiger partial charge on any atom is 0.329 e. The highest BCUT2D eigenvalue weighted by atomic mass is 79.9. The highest BCUT2D eigenvalue weighted by Crippen LogP contribution is 2.12. The molecule has 2 amide bonds. The lowest BCUT2D eigenvalue weighted by molar-refractivity contribution is -0.151. The predicted octanol–water partition coefficient (Wildman–Crippen LogP) is 2.52. The van der Waals surface area contributed by atoms with Gasteiger partial charge in [-0.25, -0.2) is 4.79 Å². The number of benzene rings is 1. The maximum absolute atomic E-state index is 12.3. The van der Waals surface area contributed by atoms with Crippen LogP contribution in [0.1, 0.15) is 38.1 Å². The number of ether oxygens (including phenoxy) is 1. The van der Waals surface area contributed by atoms with E-state index < -0.39 is 12.0 Å². The molecule has 0 aliphatic heterocycles. The molecule has 0 saturated carbocycles. The van der Waals surface area contributed by atoms with Crippen molar-refractivity contribution >= 4 is 33.7 Å². The van der Waals surface area contributed by atoms with Crippen molar-refractivity contribution in [3.05, 3.63) is 34.3 Å². The van der Waals surface area contributed by atoms with Gasteiger partial charge in [0.15, 0.2) is 6.61 Å². The molecular weight excluding hydrogens is 388 g/mol. The number of halogens is 1. The van der Waals surface area contributed by atoms with Crippen LogP contribution in [0.2, 0.25) is 0 Å². The average Bonchev–Trinajstić information content (AvgIpc) is 2.55. The van der Waals surface area contributed by atoms with Crippen molar-refractivity contribution in [1.29, 1.82) is 0 Å². The number of carbonyl (C=O) groups is 3. The van der Waals surface area contributed by atoms with Gasteiger partial charge in [-0.3, -0.25) is 9.59 Å². The molecule has 0 unspecified atom stereocenters. The van der Waals surface area contributed by atoms with Gasteiger partial charge in [-0.15, -0.1) is 0 Å². The van der Waals surface area contributed by atoms with Crippen LogP contribution in [0, 0.1) is 11.8 Å². The fourth-order valence-electron chi connectivity index (χ4n) is 1.92. The van der Waals surface area contributed by atoms with E-state index >= 15 is 0 Å². The van der Waals surface area contributed by atoms with Crippen molar-refractivity contribution in [1.82, 2.24) is 10.6 Å². The third-order valence-electron chi connectivity index (χ3n) is 3.37. The summed E-state index contributed by atoms with van der Waals surface area (Å²) in [4.78, 5) is 36.1. The Morgan fingerprint density at radius 1 is 1.08 bits per heavy atom. The average molecular weight is 413 g/mol. The Bertz CT molecular complexity index is 600. The minimum absolute atomic E-state index is 0.175. The molecule has 1 atom stereocenters. The Morgan fingerprint density at radius 2 is 1.68 bits per heavy atom. The number of nitrogens with one attached hydrogen (secondary N) is 2. The van der Waals surface area contributed by atoms with Gasteiger partial charge in [0, 0.05) is 16.6 Å². The Morgan fingerprint density at radius 3 is 2.20 bits per heavy atom. The van der Waals surface area contributed by atoms with E-state index in [1.54, 1.807) is 38.1 Å². The number of amides is 2. The van der Waals surface area contributed by atoms with Crippen molar-refractivity contribution in [3.63, 3.8) is 0 Å². The molecule has 2 N–H and O–H groups in total. The largest absolute Gasteiger partial charge is 0.454 e. The Kier molecular flexibility index (Phi) is 8.61. The summed E-state index contributed by atoms with van der Waals surface area (Å²) < 4.78 is 5.90. The lowest BCUT2D eigenvalue weighted by Crippen LogP contribution is -2.46. The normalized spacial score (nSPS) is 12.0. The standard InChI is InChI=1S/C18H25BrN2O4/c1-11(2)9-20-15(22)10-25-18(24)16(12(3)4)21-17(23)13-5-7-14(19)8-6-13/h5-8,11-12,16H,9-10H2,1-4H3,(H,20,22)(H,21,23)/t16-/m0/s1. The van der Waals surface area contributed by atoms with Crippen molar-refractivity contribution in [2.45, 2.75) is 33.7 Å². The Balaban J connectivity index is 2.60. The molecule has 0 aromatic heterocycles. The third-order valence-corrected chi connectivity index (χ3v) is 3.90. The summed E-state index contributed by atoms with van der Waals surface area (Å²) in [7, 11) is 0. The summed E-state index contributed by atoms with van der Waals surface area (Å²) in [6.07, 6.45) is 0. The minimum Gasteiger partial charge on any atom is -0.454 e. The van der Waals surface area contributed by atoms with Gasteiger partial charge in [-0.2, -0.15) is 0 Å². The predicted molar refractivity (Wildman–Crippen MR) is 99.0 cm³/mol. The summed E-state index contributed by atoms with van der Waals surface area (Å²) in [5, 5.41) is 5.34. The van der Waals surface area contributed by atoms with E-state index in [1.165, 1.54) is 0 Å². The van der Waals surface area contributed by atoms with Gasteiger partial charge in [-0.05, 0) is 36.1 Å². The van der Waals surface area contributed by atoms with Crippen LogP contribution >= 0.6 is 15.9 Å². The summed E-state index contributed by atoms with van der Waals surface area (Å²) in [6, 6.07) is 5.98. The van der Waals surface area contributed by atoms with Crippen LogP contribution in [0.5, 0.6) is 0 Å². The Hall–Kier alpha value is -1.89. The van der Waals surface area contributed by atoms with Gasteiger partial charge in [-0.1, -0.05) is 43.6 Å². The van der Waals surface area contributed by atoms with Gasteiger partial charge in [0.25, 0.3) is 11.8 Å². The van der Waals surface area contributed by atoms with E-state index in [1.807, 2.05) is 13.8 Å². The highest BCUT2D eigenvalue weighted by molar-refractivity contribution is 9.10. The van der Waals surface area contributed by atoms with Crippen LogP contribution in [0.25, 0.3) is 0 Å². The second-order valence-corrected chi connectivity index (χ2v) is 7.42. The van der Waals surface area contributed by atoms with Crippen LogP contribution in [0.3, 0.4) is 0 Å². The van der Waals surface area contributed by atoms with Crippen LogP contribution < -0.4 is 10.6 Å². The molecule has 0 spiro atoms. The van der Waals surface area contributed by atoms with Gasteiger partial charge in [0.1, 0.15) is 6.04 Å². The molecule has 1 aromatic rings. The number of rotatable bonds is 8. The molecule has 1 aromatic carbocycles. The first-order chi connectivity index (χ1) is 11.7. The lowest BCUT2D eigenvalue weighted by atomic mass is 10.0. The molecule has 0 aliphatic rings. The zero-order chi connectivity index (χ0) is 19.0. The van der Waals surface area contributed by atoms with E-state index in [0.29, 0.717) is 18.0 Å². The molecule has 0 saturated heterocycles. The molecule has 0 bridgehead atoms. The van der Waals surface area contributed by atoms with Gasteiger partial charge in [0.2, 0.25) is 0 Å². The summed E-state index contributed by atoms with van der Waals surface area (Å²) >= 11 is 3.30. The van der Waals surface area contributed by atoms with Gasteiger partial charge < -0.3 is 15.4 Å². The summed E-state index contributed by atoms with van der Waals surface area (Å²) in [5.74, 6) is -1.21. The van der Waals surface area contributed by atoms with Gasteiger partial charge in [0.05, 0.1) is 0 Å². The van der Waals surface area contributed by atoms with Crippen LogP contribution in [0.15, 0.2) is 28.7 Å². The van der Waals surface area contributed by atoms with Crippen LogP contribution in [-0.2, 0) is 14.3 Å². The van der Waals surface area contributed by atoms with Crippen LogP contribution in [-0.4, -0.2) is 37.0 Å². The van der Waals surface area contributed by atoms with Gasteiger partial charge >= 0.3 is 5.97 Å². The molecule has 138 valence electrons. The SMILES string of the molecule is CC(C)CNC(=O)COC(=O)[C@@H](NC(=O)c1ccc(Br)cc1)C(C)C. The molecule has 25 heavy (non-hydrogen) atoms. The zero-order valence-corrected chi connectivity index (χ0v) is 16.6. The first-order valence-electron chi connectivity index (χ1n) is 8.20. The second kappa shape index (κ2) is 10.2. The quantitative estimate of drug-likeness (QED) is 0.642. The van der Waals surface area contributed by atoms with E-state index in [-0.39, 0.29) is 24.3 Å². The van der Waals surface area contributed by atoms with Crippen LogP contribution in [0.4, 0.5) is 0 Å². The monoisotopic (exact) mass is 412 g/mol. The molecule has 0 aliphatic carbocycles. The lowest BCUT2D eigenvalue weighted by Gasteiger charge is -2.21. The highest BCUT2D eigenvalue weighted by Gasteiger charge is 2.26. The summed E-state index contributed by atoms with van der Waals surface area (Å²) in [6.45, 7) is 7.70. The Labute approximate surface area is 156 Å². The smallest absolute Gasteiger partial charge is 0.329 e. The first-order valence-corrected chi connectivity index (χ1v) is 8.99. The molecular formula is C18H25BrN2O4. The third kappa shape index (κ3) is 7.69. The molecule has 6 nitrogen and oxygen atoms in total. The second-order valence-electron chi connectivity index (χ2n) is 6.51. The van der Waals surface area contributed by atoms with E-state index in [0.717, 1.165) is 4.47 Å². The zero-order valence-electron chi connectivity index (χ0n) is 15.0. The molecule has 0 fully saturated rings. The first kappa shape index (κ1) is 21.2. The molecule has 1 rings (SSSR count). The topological polar surface area (TPSA) is 84.5 Å². The fourth-order valence-corrected chi connectivity index (χ4v) is 2.18. The maximum atomic E-state index is 12.3.